The summed E-state index contributed by atoms with van der Waals surface area (Å²) in [5.41, 5.74) is 3.29. The zero-order valence-corrected chi connectivity index (χ0v) is 18.4. The van der Waals surface area contributed by atoms with E-state index in [1.165, 1.54) is 0 Å². The summed E-state index contributed by atoms with van der Waals surface area (Å²) in [7, 11) is 1.55. The first-order chi connectivity index (χ1) is 15.5. The predicted molar refractivity (Wildman–Crippen MR) is 122 cm³/mol. The number of hydrogen-bond donors (Lipinski definition) is 2. The fourth-order valence-corrected chi connectivity index (χ4v) is 3.95. The van der Waals surface area contributed by atoms with E-state index < -0.39 is 0 Å². The molecule has 168 valence electrons. The third-order valence-corrected chi connectivity index (χ3v) is 5.69. The number of nitrogens with one attached hydrogen (secondary N) is 2. The van der Waals surface area contributed by atoms with Gasteiger partial charge in [0.2, 0.25) is 11.8 Å². The second kappa shape index (κ2) is 9.82. The molecule has 1 aliphatic heterocycles. The van der Waals surface area contributed by atoms with Gasteiger partial charge in [-0.25, -0.2) is 4.98 Å². The lowest BCUT2D eigenvalue weighted by atomic mass is 9.97. The summed E-state index contributed by atoms with van der Waals surface area (Å²) in [5.74, 6) is 1.15. The van der Waals surface area contributed by atoms with Gasteiger partial charge in [0, 0.05) is 5.92 Å². The normalized spacial score (nSPS) is 14.9. The maximum atomic E-state index is 12.3. The fraction of sp³-hybridized carbons (Fsp3) is 0.375. The number of nitrogens with zero attached hydrogens (tertiary/aromatic N) is 2. The van der Waals surface area contributed by atoms with Crippen LogP contribution in [0.4, 0.5) is 5.69 Å². The van der Waals surface area contributed by atoms with Gasteiger partial charge in [-0.1, -0.05) is 18.2 Å². The van der Waals surface area contributed by atoms with Crippen LogP contribution in [0.5, 0.6) is 5.75 Å². The van der Waals surface area contributed by atoms with Gasteiger partial charge in [-0.05, 0) is 62.7 Å². The van der Waals surface area contributed by atoms with Crippen molar-refractivity contribution in [1.82, 2.24) is 15.2 Å². The van der Waals surface area contributed by atoms with Crippen molar-refractivity contribution in [2.75, 3.05) is 38.6 Å². The van der Waals surface area contributed by atoms with E-state index in [2.05, 4.69) is 20.5 Å². The molecule has 2 N–H and O–H groups in total. The average Bonchev–Trinajstić information content (AvgIpc) is 3.23. The molecule has 1 aliphatic rings. The first-order valence-electron chi connectivity index (χ1n) is 10.8. The Balaban J connectivity index is 1.21. The van der Waals surface area contributed by atoms with E-state index in [-0.39, 0.29) is 30.8 Å². The molecule has 0 unspecified atom stereocenters. The van der Waals surface area contributed by atoms with E-state index >= 15 is 0 Å². The number of benzene rings is 2. The molecule has 2 amide bonds. The highest BCUT2D eigenvalue weighted by Crippen LogP contribution is 2.29. The van der Waals surface area contributed by atoms with Gasteiger partial charge >= 0.3 is 0 Å². The number of aromatic nitrogens is 1. The number of anilines is 1. The Bertz CT molecular complexity index is 1070. The second-order valence-electron chi connectivity index (χ2n) is 8.10. The third-order valence-electron chi connectivity index (χ3n) is 5.69. The summed E-state index contributed by atoms with van der Waals surface area (Å²) in [5, 5.41) is 5.48. The molecule has 3 aromatic rings. The molecular weight excluding hydrogens is 408 g/mol. The van der Waals surface area contributed by atoms with Gasteiger partial charge in [0.1, 0.15) is 11.3 Å². The Kier molecular flexibility index (Phi) is 6.70. The number of ether oxygens (including phenoxy) is 1. The fourth-order valence-electron chi connectivity index (χ4n) is 3.95. The minimum absolute atomic E-state index is 0.0880. The Morgan fingerprint density at radius 3 is 2.69 bits per heavy atom. The number of amides is 2. The number of hydrogen-bond acceptors (Lipinski definition) is 6. The van der Waals surface area contributed by atoms with Crippen LogP contribution in [-0.2, 0) is 9.59 Å². The Morgan fingerprint density at radius 2 is 1.94 bits per heavy atom. The molecule has 0 radical (unpaired) electrons. The maximum Gasteiger partial charge on any atom is 0.243 e. The number of likely N-dealkylation sites (tertiary alicyclic amines) is 1. The number of para-hydroxylation sites is 2. The second-order valence-corrected chi connectivity index (χ2v) is 8.10. The Labute approximate surface area is 186 Å². The lowest BCUT2D eigenvalue weighted by molar-refractivity contribution is -0.125. The summed E-state index contributed by atoms with van der Waals surface area (Å²) < 4.78 is 11.2. The number of carbonyl (C=O) groups is 2. The minimum Gasteiger partial charge on any atom is -0.495 e. The maximum absolute atomic E-state index is 12.3. The smallest absolute Gasteiger partial charge is 0.243 e. The van der Waals surface area contributed by atoms with Gasteiger partial charge in [-0.3, -0.25) is 14.5 Å². The molecule has 0 atom stereocenters. The highest BCUT2D eigenvalue weighted by Gasteiger charge is 2.25. The number of fused-ring (bicyclic) bond motifs is 1. The topological polar surface area (TPSA) is 96.7 Å². The average molecular weight is 437 g/mol. The van der Waals surface area contributed by atoms with Gasteiger partial charge in [0.25, 0.3) is 0 Å². The van der Waals surface area contributed by atoms with Gasteiger partial charge < -0.3 is 19.8 Å². The van der Waals surface area contributed by atoms with Crippen LogP contribution in [0.2, 0.25) is 0 Å². The van der Waals surface area contributed by atoms with Crippen molar-refractivity contribution >= 4 is 28.6 Å². The number of carbonyl (C=O) groups excluding carboxylic acids is 2. The first-order valence-corrected chi connectivity index (χ1v) is 10.8. The van der Waals surface area contributed by atoms with Crippen LogP contribution in [-0.4, -0.2) is 55.0 Å². The minimum atomic E-state index is -0.295. The quantitative estimate of drug-likeness (QED) is 0.591. The van der Waals surface area contributed by atoms with Crippen molar-refractivity contribution in [3.8, 4) is 5.75 Å². The van der Waals surface area contributed by atoms with E-state index in [1.54, 1.807) is 13.2 Å². The van der Waals surface area contributed by atoms with Crippen molar-refractivity contribution in [3.63, 3.8) is 0 Å². The highest BCUT2D eigenvalue weighted by atomic mass is 16.5. The third kappa shape index (κ3) is 5.26. The molecule has 1 aromatic heterocycles. The van der Waals surface area contributed by atoms with Crippen LogP contribution in [0.1, 0.15) is 30.2 Å². The Morgan fingerprint density at radius 1 is 1.16 bits per heavy atom. The molecule has 0 aliphatic carbocycles. The van der Waals surface area contributed by atoms with E-state index in [4.69, 9.17) is 9.15 Å². The molecule has 32 heavy (non-hydrogen) atoms. The first kappa shape index (κ1) is 21.8. The molecule has 2 heterocycles. The van der Waals surface area contributed by atoms with Crippen molar-refractivity contribution in [2.24, 2.45) is 0 Å². The monoisotopic (exact) mass is 436 g/mol. The SMILES string of the molecule is COc1ccc(C)cc1NC(=O)CNC(=O)CN1CCC(c2nc3ccccc3o2)CC1. The van der Waals surface area contributed by atoms with Crippen molar-refractivity contribution in [1.29, 1.82) is 0 Å². The van der Waals surface area contributed by atoms with Crippen molar-refractivity contribution < 1.29 is 18.7 Å². The summed E-state index contributed by atoms with van der Waals surface area (Å²) in [4.78, 5) is 31.3. The van der Waals surface area contributed by atoms with Crippen LogP contribution < -0.4 is 15.4 Å². The summed E-state index contributed by atoms with van der Waals surface area (Å²) in [6.45, 7) is 3.67. The van der Waals surface area contributed by atoms with E-state index in [9.17, 15) is 9.59 Å². The number of piperidine rings is 1. The zero-order chi connectivity index (χ0) is 22.5. The van der Waals surface area contributed by atoms with Crippen molar-refractivity contribution in [2.45, 2.75) is 25.7 Å². The summed E-state index contributed by atoms with van der Waals surface area (Å²) >= 11 is 0. The molecule has 8 heteroatoms. The molecule has 0 saturated carbocycles. The number of rotatable bonds is 7. The van der Waals surface area contributed by atoms with E-state index in [0.717, 1.165) is 48.5 Å². The lowest BCUT2D eigenvalue weighted by Gasteiger charge is -2.29. The van der Waals surface area contributed by atoms with Gasteiger partial charge in [-0.15, -0.1) is 0 Å². The Hall–Kier alpha value is -3.39. The van der Waals surface area contributed by atoms with Gasteiger partial charge in [-0.2, -0.15) is 0 Å². The van der Waals surface area contributed by atoms with Gasteiger partial charge in [0.15, 0.2) is 11.5 Å². The van der Waals surface area contributed by atoms with Gasteiger partial charge in [0.05, 0.1) is 25.9 Å². The standard InChI is InChI=1S/C24H28N4O4/c1-16-7-8-20(31-2)19(13-16)26-22(29)14-25-23(30)15-28-11-9-17(10-12-28)24-27-18-5-3-4-6-21(18)32-24/h3-8,13,17H,9-12,14-15H2,1-2H3,(H,25,30)(H,26,29). The lowest BCUT2D eigenvalue weighted by Crippen LogP contribution is -2.43. The molecule has 0 spiro atoms. The highest BCUT2D eigenvalue weighted by molar-refractivity contribution is 5.96. The molecule has 0 bridgehead atoms. The zero-order valence-electron chi connectivity index (χ0n) is 18.4. The molecular formula is C24H28N4O4. The molecule has 4 rings (SSSR count). The molecule has 8 nitrogen and oxygen atoms in total. The largest absolute Gasteiger partial charge is 0.495 e. The van der Waals surface area contributed by atoms with E-state index in [0.29, 0.717) is 11.4 Å². The van der Waals surface area contributed by atoms with Crippen LogP contribution >= 0.6 is 0 Å². The molecule has 2 aromatic carbocycles. The van der Waals surface area contributed by atoms with Crippen LogP contribution in [0, 0.1) is 6.92 Å². The summed E-state index contributed by atoms with van der Waals surface area (Å²) in [6, 6.07) is 13.3. The molecule has 1 fully saturated rings. The molecule has 1 saturated heterocycles. The summed E-state index contributed by atoms with van der Waals surface area (Å²) in [6.07, 6.45) is 1.77. The predicted octanol–water partition coefficient (Wildman–Crippen LogP) is 3.08. The number of aryl methyl sites for hydroxylation is 1. The van der Waals surface area contributed by atoms with Crippen LogP contribution in [0.25, 0.3) is 11.1 Å². The number of oxazole rings is 1. The van der Waals surface area contributed by atoms with E-state index in [1.807, 2.05) is 43.3 Å². The van der Waals surface area contributed by atoms with Crippen LogP contribution in [0.3, 0.4) is 0 Å². The van der Waals surface area contributed by atoms with Crippen molar-refractivity contribution in [3.05, 3.63) is 53.9 Å². The van der Waals surface area contributed by atoms with Crippen LogP contribution in [0.15, 0.2) is 46.9 Å². The number of methoxy groups -OCH3 is 1.